The molecule has 0 aliphatic heterocycles. The van der Waals surface area contributed by atoms with Crippen molar-refractivity contribution in [1.82, 2.24) is 10.2 Å². The number of nitrogens with zero attached hydrogens (tertiary/aromatic N) is 2. The number of halogens is 1. The molecule has 7 heteroatoms. The van der Waals surface area contributed by atoms with Gasteiger partial charge in [-0.2, -0.15) is 0 Å². The summed E-state index contributed by atoms with van der Waals surface area (Å²) in [5.41, 5.74) is 3.33. The Bertz CT molecular complexity index is 1110. The highest BCUT2D eigenvalue weighted by Gasteiger charge is 2.13. The Morgan fingerprint density at radius 1 is 0.897 bits per heavy atom. The highest BCUT2D eigenvalue weighted by atomic mass is 32.2. The molecule has 4 rings (SSSR count). The number of amides is 1. The summed E-state index contributed by atoms with van der Waals surface area (Å²) in [6.07, 6.45) is 0. The fraction of sp³-hybridized carbons (Fsp3) is 0.0455. The molecule has 1 heterocycles. The van der Waals surface area contributed by atoms with Gasteiger partial charge in [-0.1, -0.05) is 60.3 Å². The number of rotatable bonds is 6. The molecule has 0 aliphatic carbocycles. The van der Waals surface area contributed by atoms with E-state index >= 15 is 0 Å². The number of para-hydroxylation sites is 1. The molecule has 0 saturated heterocycles. The lowest BCUT2D eigenvalue weighted by molar-refractivity contribution is -0.113. The quantitative estimate of drug-likeness (QED) is 0.443. The van der Waals surface area contributed by atoms with Crippen molar-refractivity contribution in [2.75, 3.05) is 11.1 Å². The molecule has 5 nitrogen and oxygen atoms in total. The smallest absolute Gasteiger partial charge is 0.277 e. The molecule has 4 aromatic rings. The Balaban J connectivity index is 1.40. The lowest BCUT2D eigenvalue weighted by atomic mass is 10.0. The highest BCUT2D eigenvalue weighted by molar-refractivity contribution is 7.99. The fourth-order valence-corrected chi connectivity index (χ4v) is 3.32. The van der Waals surface area contributed by atoms with E-state index in [2.05, 4.69) is 15.5 Å². The van der Waals surface area contributed by atoms with Crippen LogP contribution in [0, 0.1) is 5.82 Å². The maximum Gasteiger partial charge on any atom is 0.277 e. The summed E-state index contributed by atoms with van der Waals surface area (Å²) in [4.78, 5) is 12.4. The van der Waals surface area contributed by atoms with Crippen LogP contribution in [0.4, 0.5) is 10.1 Å². The number of carbonyl (C=O) groups is 1. The molecule has 0 radical (unpaired) electrons. The van der Waals surface area contributed by atoms with Crippen molar-refractivity contribution in [2.24, 2.45) is 0 Å². The molecule has 0 saturated carbocycles. The minimum Gasteiger partial charge on any atom is -0.411 e. The van der Waals surface area contributed by atoms with E-state index in [1.165, 1.54) is 12.1 Å². The minimum atomic E-state index is -0.338. The first kappa shape index (κ1) is 18.9. The molecule has 1 aromatic heterocycles. The first-order chi connectivity index (χ1) is 14.2. The average molecular weight is 405 g/mol. The van der Waals surface area contributed by atoms with E-state index in [0.29, 0.717) is 5.56 Å². The van der Waals surface area contributed by atoms with Gasteiger partial charge in [-0.25, -0.2) is 4.39 Å². The van der Waals surface area contributed by atoms with Crippen LogP contribution >= 0.6 is 11.8 Å². The van der Waals surface area contributed by atoms with E-state index in [1.807, 2.05) is 54.6 Å². The molecule has 0 unspecified atom stereocenters. The van der Waals surface area contributed by atoms with Crippen LogP contribution in [-0.4, -0.2) is 21.9 Å². The first-order valence-corrected chi connectivity index (χ1v) is 9.84. The Morgan fingerprint density at radius 3 is 2.41 bits per heavy atom. The van der Waals surface area contributed by atoms with Crippen molar-refractivity contribution in [3.8, 4) is 22.6 Å². The van der Waals surface area contributed by atoms with E-state index in [0.717, 1.165) is 28.6 Å². The summed E-state index contributed by atoms with van der Waals surface area (Å²) in [6.45, 7) is 0. The van der Waals surface area contributed by atoms with E-state index in [4.69, 9.17) is 4.42 Å². The van der Waals surface area contributed by atoms with Gasteiger partial charge in [0, 0.05) is 16.8 Å². The zero-order valence-corrected chi connectivity index (χ0v) is 16.0. The van der Waals surface area contributed by atoms with Gasteiger partial charge in [-0.15, -0.1) is 10.2 Å². The van der Waals surface area contributed by atoms with Gasteiger partial charge in [-0.05, 0) is 35.9 Å². The van der Waals surface area contributed by atoms with Crippen LogP contribution in [0.25, 0.3) is 22.6 Å². The second-order valence-electron chi connectivity index (χ2n) is 6.13. The Hall–Kier alpha value is -3.45. The van der Waals surface area contributed by atoms with Gasteiger partial charge >= 0.3 is 0 Å². The third-order valence-electron chi connectivity index (χ3n) is 4.11. The molecule has 144 valence electrons. The number of thioether (sulfide) groups is 1. The second-order valence-corrected chi connectivity index (χ2v) is 7.06. The molecule has 0 aliphatic rings. The predicted molar refractivity (Wildman–Crippen MR) is 111 cm³/mol. The third kappa shape index (κ3) is 4.70. The number of anilines is 1. The van der Waals surface area contributed by atoms with E-state index < -0.39 is 0 Å². The zero-order chi connectivity index (χ0) is 20.1. The van der Waals surface area contributed by atoms with Gasteiger partial charge in [0.05, 0.1) is 5.75 Å². The Kier molecular flexibility index (Phi) is 5.67. The topological polar surface area (TPSA) is 68.0 Å². The van der Waals surface area contributed by atoms with E-state index in [9.17, 15) is 9.18 Å². The van der Waals surface area contributed by atoms with Crippen molar-refractivity contribution in [1.29, 1.82) is 0 Å². The summed E-state index contributed by atoms with van der Waals surface area (Å²) in [7, 11) is 0. The maximum atomic E-state index is 13.0. The molecule has 1 N–H and O–H groups in total. The van der Waals surface area contributed by atoms with Crippen LogP contribution in [0.5, 0.6) is 0 Å². The van der Waals surface area contributed by atoms with Crippen molar-refractivity contribution in [3.05, 3.63) is 84.7 Å². The lowest BCUT2D eigenvalue weighted by Gasteiger charge is -2.10. The molecule has 0 bridgehead atoms. The van der Waals surface area contributed by atoms with Crippen molar-refractivity contribution in [2.45, 2.75) is 5.22 Å². The molecule has 29 heavy (non-hydrogen) atoms. The van der Waals surface area contributed by atoms with Crippen LogP contribution in [0.3, 0.4) is 0 Å². The van der Waals surface area contributed by atoms with Crippen LogP contribution in [-0.2, 0) is 4.79 Å². The van der Waals surface area contributed by atoms with Crippen molar-refractivity contribution >= 4 is 23.4 Å². The van der Waals surface area contributed by atoms with Gasteiger partial charge in [0.15, 0.2) is 0 Å². The van der Waals surface area contributed by atoms with Crippen LogP contribution < -0.4 is 5.32 Å². The monoisotopic (exact) mass is 405 g/mol. The second kappa shape index (κ2) is 8.70. The minimum absolute atomic E-state index is 0.119. The fourth-order valence-electron chi connectivity index (χ4n) is 2.75. The standard InChI is InChI=1S/C22H16FN3O2S/c23-17-12-10-16(11-13-17)21-25-26-22(28-21)29-14-20(27)24-19-9-5-4-8-18(19)15-6-2-1-3-7-15/h1-13H,14H2,(H,24,27). The number of hydrogen-bond acceptors (Lipinski definition) is 5. The van der Waals surface area contributed by atoms with Gasteiger partial charge in [0.1, 0.15) is 5.82 Å². The highest BCUT2D eigenvalue weighted by Crippen LogP contribution is 2.28. The van der Waals surface area contributed by atoms with Crippen molar-refractivity contribution in [3.63, 3.8) is 0 Å². The zero-order valence-electron chi connectivity index (χ0n) is 15.2. The summed E-state index contributed by atoms with van der Waals surface area (Å²) in [5, 5.41) is 11.1. The Morgan fingerprint density at radius 2 is 1.62 bits per heavy atom. The molecular formula is C22H16FN3O2S. The number of carbonyl (C=O) groups excluding carboxylic acids is 1. The van der Waals surface area contributed by atoms with Gasteiger partial charge < -0.3 is 9.73 Å². The number of hydrogen-bond donors (Lipinski definition) is 1. The number of benzene rings is 3. The van der Waals surface area contributed by atoms with Gasteiger partial charge in [0.2, 0.25) is 11.8 Å². The summed E-state index contributed by atoms with van der Waals surface area (Å²) in [6, 6.07) is 23.3. The largest absolute Gasteiger partial charge is 0.411 e. The number of nitrogens with one attached hydrogen (secondary N) is 1. The summed E-state index contributed by atoms with van der Waals surface area (Å²) < 4.78 is 18.6. The summed E-state index contributed by atoms with van der Waals surface area (Å²) in [5.74, 6) is -0.119. The van der Waals surface area contributed by atoms with Gasteiger partial charge in [0.25, 0.3) is 5.22 Å². The molecular weight excluding hydrogens is 389 g/mol. The SMILES string of the molecule is O=C(CSc1nnc(-c2ccc(F)cc2)o1)Nc1ccccc1-c1ccccc1. The van der Waals surface area contributed by atoms with Crippen LogP contribution in [0.2, 0.25) is 0 Å². The first-order valence-electron chi connectivity index (χ1n) is 8.85. The lowest BCUT2D eigenvalue weighted by Crippen LogP contribution is -2.14. The van der Waals surface area contributed by atoms with E-state index in [1.54, 1.807) is 12.1 Å². The molecule has 1 amide bonds. The van der Waals surface area contributed by atoms with Crippen LogP contribution in [0.15, 0.2) is 88.5 Å². The molecule has 3 aromatic carbocycles. The number of aromatic nitrogens is 2. The third-order valence-corrected chi connectivity index (χ3v) is 4.93. The normalized spacial score (nSPS) is 10.7. The van der Waals surface area contributed by atoms with E-state index in [-0.39, 0.29) is 28.6 Å². The predicted octanol–water partition coefficient (Wildman–Crippen LogP) is 5.27. The van der Waals surface area contributed by atoms with Crippen molar-refractivity contribution < 1.29 is 13.6 Å². The Labute approximate surface area is 171 Å². The average Bonchev–Trinajstić information content (AvgIpc) is 3.23. The summed E-state index contributed by atoms with van der Waals surface area (Å²) >= 11 is 1.14. The van der Waals surface area contributed by atoms with Gasteiger partial charge in [-0.3, -0.25) is 4.79 Å². The van der Waals surface area contributed by atoms with Crippen LogP contribution in [0.1, 0.15) is 0 Å². The molecule has 0 fully saturated rings. The molecule has 0 atom stereocenters. The molecule has 0 spiro atoms. The maximum absolute atomic E-state index is 13.0.